The number of nitrogens with one attached hydrogen (secondary N) is 2. The van der Waals surface area contributed by atoms with Crippen molar-refractivity contribution in [2.45, 2.75) is 46.5 Å². The van der Waals surface area contributed by atoms with E-state index in [9.17, 15) is 9.59 Å². The SMILES string of the molecule is CC(C)c1cccc(C(C)C)c1NC(=O)[C@@H](C)CNC(=O)O. The van der Waals surface area contributed by atoms with Crippen LogP contribution in [0.5, 0.6) is 0 Å². The maximum atomic E-state index is 12.3. The Hall–Kier alpha value is -2.04. The normalized spacial score (nSPS) is 12.3. The Labute approximate surface area is 132 Å². The van der Waals surface area contributed by atoms with Gasteiger partial charge < -0.3 is 15.7 Å². The molecule has 5 nitrogen and oxygen atoms in total. The minimum absolute atomic E-state index is 0.0992. The highest BCUT2D eigenvalue weighted by Gasteiger charge is 2.19. The van der Waals surface area contributed by atoms with E-state index in [1.54, 1.807) is 6.92 Å². The van der Waals surface area contributed by atoms with Gasteiger partial charge in [-0.15, -0.1) is 0 Å². The molecule has 1 aromatic carbocycles. The molecule has 0 aromatic heterocycles. The lowest BCUT2D eigenvalue weighted by molar-refractivity contribution is -0.119. The Kier molecular flexibility index (Phi) is 6.40. The van der Waals surface area contributed by atoms with Crippen molar-refractivity contribution in [3.8, 4) is 0 Å². The molecule has 3 N–H and O–H groups in total. The monoisotopic (exact) mass is 306 g/mol. The minimum Gasteiger partial charge on any atom is -0.465 e. The standard InChI is InChI=1S/C17H26N2O3/c1-10(2)13-7-6-8-14(11(3)4)15(13)19-16(20)12(5)9-18-17(21)22/h6-8,10-12,18H,9H2,1-5H3,(H,19,20)(H,21,22)/t12-/m0/s1. The van der Waals surface area contributed by atoms with E-state index in [0.717, 1.165) is 16.8 Å². The molecule has 0 radical (unpaired) electrons. The van der Waals surface area contributed by atoms with Gasteiger partial charge in [0.25, 0.3) is 0 Å². The second-order valence-electron chi connectivity index (χ2n) is 6.20. The number of anilines is 1. The van der Waals surface area contributed by atoms with Crippen LogP contribution in [0.15, 0.2) is 18.2 Å². The smallest absolute Gasteiger partial charge is 0.404 e. The van der Waals surface area contributed by atoms with Gasteiger partial charge in [0.05, 0.1) is 5.92 Å². The van der Waals surface area contributed by atoms with Gasteiger partial charge in [-0.3, -0.25) is 4.79 Å². The molecule has 1 rings (SSSR count). The highest BCUT2D eigenvalue weighted by Crippen LogP contribution is 2.32. The Morgan fingerprint density at radius 3 is 1.95 bits per heavy atom. The molecule has 122 valence electrons. The fraction of sp³-hybridized carbons (Fsp3) is 0.529. The molecule has 0 fully saturated rings. The summed E-state index contributed by atoms with van der Waals surface area (Å²) in [6.07, 6.45) is -1.12. The van der Waals surface area contributed by atoms with E-state index < -0.39 is 12.0 Å². The molecule has 22 heavy (non-hydrogen) atoms. The number of carbonyl (C=O) groups is 2. The number of carbonyl (C=O) groups excluding carboxylic acids is 1. The molecule has 5 heteroatoms. The third-order valence-electron chi connectivity index (χ3n) is 3.63. The molecule has 0 bridgehead atoms. The molecule has 0 saturated carbocycles. The van der Waals surface area contributed by atoms with E-state index in [2.05, 4.69) is 38.3 Å². The maximum Gasteiger partial charge on any atom is 0.404 e. The van der Waals surface area contributed by atoms with Gasteiger partial charge in [0, 0.05) is 12.2 Å². The highest BCUT2D eigenvalue weighted by molar-refractivity contribution is 5.94. The largest absolute Gasteiger partial charge is 0.465 e. The van der Waals surface area contributed by atoms with Crippen LogP contribution in [-0.4, -0.2) is 23.7 Å². The van der Waals surface area contributed by atoms with Crippen LogP contribution < -0.4 is 10.6 Å². The van der Waals surface area contributed by atoms with Gasteiger partial charge in [0.1, 0.15) is 0 Å². The van der Waals surface area contributed by atoms with Crippen molar-refractivity contribution in [1.82, 2.24) is 5.32 Å². The lowest BCUT2D eigenvalue weighted by atomic mass is 9.92. The van der Waals surface area contributed by atoms with Crippen LogP contribution in [-0.2, 0) is 4.79 Å². The van der Waals surface area contributed by atoms with Crippen LogP contribution >= 0.6 is 0 Å². The average Bonchev–Trinajstić information content (AvgIpc) is 2.44. The first-order valence-corrected chi connectivity index (χ1v) is 7.64. The Morgan fingerprint density at radius 1 is 1.05 bits per heavy atom. The summed E-state index contributed by atoms with van der Waals surface area (Å²) in [7, 11) is 0. The van der Waals surface area contributed by atoms with Gasteiger partial charge in [-0.2, -0.15) is 0 Å². The highest BCUT2D eigenvalue weighted by atomic mass is 16.4. The summed E-state index contributed by atoms with van der Waals surface area (Å²) < 4.78 is 0. The summed E-state index contributed by atoms with van der Waals surface area (Å²) in [5.74, 6) is -0.0250. The topological polar surface area (TPSA) is 78.4 Å². The summed E-state index contributed by atoms with van der Waals surface area (Å²) in [5, 5.41) is 13.9. The van der Waals surface area contributed by atoms with Crippen molar-refractivity contribution < 1.29 is 14.7 Å². The number of hydrogen-bond acceptors (Lipinski definition) is 2. The van der Waals surface area contributed by atoms with Crippen molar-refractivity contribution in [1.29, 1.82) is 0 Å². The Morgan fingerprint density at radius 2 is 1.55 bits per heavy atom. The lowest BCUT2D eigenvalue weighted by Gasteiger charge is -2.21. The summed E-state index contributed by atoms with van der Waals surface area (Å²) in [4.78, 5) is 22.9. The number of hydrogen-bond donors (Lipinski definition) is 3. The first kappa shape index (κ1) is 18.0. The van der Waals surface area contributed by atoms with Crippen molar-refractivity contribution in [2.75, 3.05) is 11.9 Å². The fourth-order valence-electron chi connectivity index (χ4n) is 2.27. The van der Waals surface area contributed by atoms with Gasteiger partial charge in [-0.05, 0) is 23.0 Å². The maximum absolute atomic E-state index is 12.3. The number of amides is 2. The molecule has 0 spiro atoms. The van der Waals surface area contributed by atoms with Gasteiger partial charge in [-0.25, -0.2) is 4.79 Å². The molecular weight excluding hydrogens is 280 g/mol. The van der Waals surface area contributed by atoms with Crippen LogP contribution in [0.2, 0.25) is 0 Å². The van der Waals surface area contributed by atoms with Crippen molar-refractivity contribution in [3.05, 3.63) is 29.3 Å². The lowest BCUT2D eigenvalue weighted by Crippen LogP contribution is -2.33. The zero-order valence-electron chi connectivity index (χ0n) is 13.9. The van der Waals surface area contributed by atoms with Gasteiger partial charge in [-0.1, -0.05) is 52.8 Å². The predicted molar refractivity (Wildman–Crippen MR) is 88.4 cm³/mol. The molecule has 0 aliphatic rings. The fourth-order valence-corrected chi connectivity index (χ4v) is 2.27. The van der Waals surface area contributed by atoms with Crippen LogP contribution in [0.3, 0.4) is 0 Å². The molecule has 2 amide bonds. The quantitative estimate of drug-likeness (QED) is 0.748. The van der Waals surface area contributed by atoms with E-state index in [1.807, 2.05) is 18.2 Å². The summed E-state index contributed by atoms with van der Waals surface area (Å²) in [5.41, 5.74) is 3.05. The van der Waals surface area contributed by atoms with Crippen molar-refractivity contribution >= 4 is 17.7 Å². The molecule has 0 heterocycles. The Balaban J connectivity index is 3.00. The van der Waals surface area contributed by atoms with Crippen LogP contribution in [0.25, 0.3) is 0 Å². The molecule has 0 aliphatic heterocycles. The summed E-state index contributed by atoms with van der Waals surface area (Å²) in [6, 6.07) is 6.05. The van der Waals surface area contributed by atoms with Gasteiger partial charge >= 0.3 is 6.09 Å². The van der Waals surface area contributed by atoms with E-state index in [-0.39, 0.29) is 12.5 Å². The second kappa shape index (κ2) is 7.82. The Bertz CT molecular complexity index is 512. The first-order chi connectivity index (χ1) is 10.2. The van der Waals surface area contributed by atoms with E-state index in [4.69, 9.17) is 5.11 Å². The molecule has 1 atom stereocenters. The third kappa shape index (κ3) is 4.76. The average molecular weight is 306 g/mol. The number of carboxylic acid groups (broad SMARTS) is 1. The number of rotatable bonds is 6. The molecule has 1 aromatic rings. The van der Waals surface area contributed by atoms with E-state index >= 15 is 0 Å². The predicted octanol–water partition coefficient (Wildman–Crippen LogP) is 3.78. The third-order valence-corrected chi connectivity index (χ3v) is 3.63. The zero-order valence-corrected chi connectivity index (χ0v) is 13.9. The van der Waals surface area contributed by atoms with Crippen molar-refractivity contribution in [2.24, 2.45) is 5.92 Å². The zero-order chi connectivity index (χ0) is 16.9. The van der Waals surface area contributed by atoms with E-state index in [1.165, 1.54) is 0 Å². The summed E-state index contributed by atoms with van der Waals surface area (Å²) >= 11 is 0. The van der Waals surface area contributed by atoms with Gasteiger partial charge in [0.2, 0.25) is 5.91 Å². The molecule has 0 saturated heterocycles. The minimum atomic E-state index is -1.12. The van der Waals surface area contributed by atoms with Crippen LogP contribution in [0.4, 0.5) is 10.5 Å². The first-order valence-electron chi connectivity index (χ1n) is 7.64. The summed E-state index contributed by atoms with van der Waals surface area (Å²) in [6.45, 7) is 10.2. The number of para-hydroxylation sites is 1. The van der Waals surface area contributed by atoms with Gasteiger partial charge in [0.15, 0.2) is 0 Å². The second-order valence-corrected chi connectivity index (χ2v) is 6.20. The molecular formula is C17H26N2O3. The van der Waals surface area contributed by atoms with Crippen molar-refractivity contribution in [3.63, 3.8) is 0 Å². The molecule has 0 unspecified atom stereocenters. The van der Waals surface area contributed by atoms with Crippen LogP contribution in [0, 0.1) is 5.92 Å². The van der Waals surface area contributed by atoms with Crippen LogP contribution in [0.1, 0.15) is 57.6 Å². The molecule has 0 aliphatic carbocycles. The van der Waals surface area contributed by atoms with E-state index in [0.29, 0.717) is 11.8 Å². The number of benzene rings is 1.